The van der Waals surface area contributed by atoms with E-state index < -0.39 is 4.92 Å². The number of anilines is 2. The van der Waals surface area contributed by atoms with Crippen LogP contribution in [0.15, 0.2) is 97.6 Å². The lowest BCUT2D eigenvalue weighted by atomic mass is 10.1. The van der Waals surface area contributed by atoms with Crippen LogP contribution in [-0.2, 0) is 27.5 Å². The summed E-state index contributed by atoms with van der Waals surface area (Å²) in [6.07, 6.45) is 6.99. The molecule has 4 aromatic heterocycles. The molecule has 0 bridgehead atoms. The maximum atomic E-state index is 11.6. The monoisotopic (exact) mass is 725 g/mol. The number of hydrogen-bond acceptors (Lipinski definition) is 12. The highest BCUT2D eigenvalue weighted by Gasteiger charge is 2.16. The van der Waals surface area contributed by atoms with Gasteiger partial charge in [-0.2, -0.15) is 0 Å². The fourth-order valence-corrected chi connectivity index (χ4v) is 4.66. The molecule has 0 unspecified atom stereocenters. The zero-order valence-corrected chi connectivity index (χ0v) is 29.4. The van der Waals surface area contributed by atoms with Crippen molar-refractivity contribution in [3.05, 3.63) is 124 Å². The summed E-state index contributed by atoms with van der Waals surface area (Å²) in [5.41, 5.74) is 9.82. The molecule has 0 saturated carbocycles. The molecule has 0 aliphatic rings. The quantitative estimate of drug-likeness (QED) is 0.0793. The number of non-ortho nitro benzene ring substituents is 1. The normalized spacial score (nSPS) is 10.3. The van der Waals surface area contributed by atoms with Crippen LogP contribution in [0.4, 0.5) is 17.3 Å². The Balaban J connectivity index is 0.000000207. The van der Waals surface area contributed by atoms with Crippen molar-refractivity contribution >= 4 is 61.9 Å². The average molecular weight is 726 g/mol. The Morgan fingerprint density at radius 2 is 1.40 bits per heavy atom. The lowest BCUT2D eigenvalue weighted by Crippen LogP contribution is -2.18. The van der Waals surface area contributed by atoms with Gasteiger partial charge in [0, 0.05) is 49.8 Å². The maximum Gasteiger partial charge on any atom is 0.279 e. The first-order valence-corrected chi connectivity index (χ1v) is 16.2. The lowest BCUT2D eigenvalue weighted by molar-refractivity contribution is -0.383. The van der Waals surface area contributed by atoms with Gasteiger partial charge < -0.3 is 25.3 Å². The molecule has 0 aliphatic carbocycles. The molecule has 14 nitrogen and oxygen atoms in total. The number of aryl methyl sites for hydroxylation is 1. The van der Waals surface area contributed by atoms with Gasteiger partial charge in [-0.05, 0) is 89.8 Å². The second kappa shape index (κ2) is 19.2. The number of halogens is 1. The van der Waals surface area contributed by atoms with Crippen LogP contribution in [-0.4, -0.2) is 49.7 Å². The predicted molar refractivity (Wildman–Crippen MR) is 198 cm³/mol. The van der Waals surface area contributed by atoms with Gasteiger partial charge in [-0.15, -0.1) is 0 Å². The zero-order valence-electron chi connectivity index (χ0n) is 28.6. The molecule has 15 heteroatoms. The summed E-state index contributed by atoms with van der Waals surface area (Å²) in [4.78, 5) is 48.4. The lowest BCUT2D eigenvalue weighted by Gasteiger charge is -2.11. The summed E-state index contributed by atoms with van der Waals surface area (Å²) in [5, 5.41) is 15.0. The van der Waals surface area contributed by atoms with E-state index in [0.717, 1.165) is 33.3 Å². The predicted octanol–water partition coefficient (Wildman–Crippen LogP) is 6.96. The summed E-state index contributed by atoms with van der Waals surface area (Å²) in [7, 11) is 1.47. The molecule has 268 valence electrons. The van der Waals surface area contributed by atoms with Crippen molar-refractivity contribution < 1.29 is 28.7 Å². The van der Waals surface area contributed by atoms with Gasteiger partial charge >= 0.3 is 0 Å². The van der Waals surface area contributed by atoms with E-state index in [9.17, 15) is 19.7 Å². The van der Waals surface area contributed by atoms with Crippen LogP contribution in [0.1, 0.15) is 30.0 Å². The highest BCUT2D eigenvalue weighted by molar-refractivity contribution is 6.63. The Morgan fingerprint density at radius 3 is 2.00 bits per heavy atom. The van der Waals surface area contributed by atoms with Crippen molar-refractivity contribution in [1.29, 1.82) is 0 Å². The van der Waals surface area contributed by atoms with Crippen LogP contribution in [0, 0.1) is 17.0 Å². The second-order valence-electron chi connectivity index (χ2n) is 10.9. The Kier molecular flexibility index (Phi) is 14.3. The number of rotatable bonds is 11. The van der Waals surface area contributed by atoms with Crippen molar-refractivity contribution in [2.24, 2.45) is 0 Å². The van der Waals surface area contributed by atoms with Gasteiger partial charge in [-0.1, -0.05) is 19.1 Å². The number of carbonyl (C=O) groups excluding carboxylic acids is 2. The molecule has 2 aromatic carbocycles. The molecule has 0 atom stereocenters. The summed E-state index contributed by atoms with van der Waals surface area (Å²) in [6.45, 7) is 4.38. The molecule has 0 aliphatic heterocycles. The number of nitro benzene ring substituents is 1. The number of nitrogen functional groups attached to an aromatic ring is 1. The number of nitrogens with one attached hydrogen (secondary N) is 1. The third-order valence-corrected chi connectivity index (χ3v) is 7.40. The Hall–Kier alpha value is -6.25. The molecular weight excluding hydrogens is 690 g/mol. The van der Waals surface area contributed by atoms with Gasteiger partial charge in [0.05, 0.1) is 10.3 Å². The third-order valence-electron chi connectivity index (χ3n) is 7.14. The number of methoxy groups -OCH3 is 1. The number of nitrogens with two attached hydrogens (primary N) is 1. The number of fused-ring (bicyclic) bond motifs is 2. The van der Waals surface area contributed by atoms with Crippen molar-refractivity contribution in [3.63, 3.8) is 0 Å². The van der Waals surface area contributed by atoms with E-state index in [-0.39, 0.29) is 30.1 Å². The Morgan fingerprint density at radius 1 is 0.827 bits per heavy atom. The fraction of sp³-hybridized carbons (Fsp3) is 0.189. The van der Waals surface area contributed by atoms with Crippen molar-refractivity contribution in [2.45, 2.75) is 33.5 Å². The van der Waals surface area contributed by atoms with Crippen LogP contribution in [0.5, 0.6) is 11.5 Å². The first kappa shape index (κ1) is 38.6. The number of aromatic nitrogens is 4. The summed E-state index contributed by atoms with van der Waals surface area (Å²) < 4.78 is 16.5. The minimum Gasteiger partial charge on any atom is -0.487 e. The smallest absolute Gasteiger partial charge is 0.279 e. The highest BCUT2D eigenvalue weighted by Crippen LogP contribution is 2.32. The second-order valence-corrected chi connectivity index (χ2v) is 11.3. The molecule has 0 saturated heterocycles. The molecule has 4 heterocycles. The van der Waals surface area contributed by atoms with Gasteiger partial charge in [0.2, 0.25) is 5.24 Å². The fourth-order valence-electron chi connectivity index (χ4n) is 4.66. The number of nitro groups is 1. The van der Waals surface area contributed by atoms with Crippen molar-refractivity contribution in [2.75, 3.05) is 24.8 Å². The first-order valence-electron chi connectivity index (χ1n) is 15.8. The third kappa shape index (κ3) is 11.1. The molecule has 3 N–H and O–H groups in total. The zero-order chi connectivity index (χ0) is 37.5. The van der Waals surface area contributed by atoms with E-state index in [2.05, 4.69) is 25.3 Å². The standard InChI is InChI=1S/C19H19N3O3.C15H12N4O3.C3H5ClO/c1-13-5-6-16(19-15(13)4-3-8-21-19)25-11-14-7-9-20-17(10-14)22-18(23)12-24-2;16-14-8-10(5-7-17-14)9-22-13-4-3-12(19(20)21)11-2-1-6-18-15(11)13;1-2-3(4)5/h3-10H,11-12H2,1-2H3,(H,20,22,23);1-8H,9H2,(H2,16,17);2H2,1H3. The molecule has 6 aromatic rings. The molecule has 6 rings (SSSR count). The Labute approximate surface area is 304 Å². The number of hydrogen-bond donors (Lipinski definition) is 2. The Bertz CT molecular complexity index is 2170. The number of nitrogens with zero attached hydrogens (tertiary/aromatic N) is 5. The molecule has 0 radical (unpaired) electrons. The average Bonchev–Trinajstić information content (AvgIpc) is 3.14. The topological polar surface area (TPSA) is 195 Å². The minimum atomic E-state index is -0.433. The first-order chi connectivity index (χ1) is 25.1. The molecular formula is C37H36ClN7O7. The van der Waals surface area contributed by atoms with E-state index in [1.54, 1.807) is 68.1 Å². The number of amides is 1. The molecule has 0 spiro atoms. The van der Waals surface area contributed by atoms with Crippen LogP contribution in [0.3, 0.4) is 0 Å². The largest absolute Gasteiger partial charge is 0.487 e. The van der Waals surface area contributed by atoms with Gasteiger partial charge in [0.25, 0.3) is 11.6 Å². The van der Waals surface area contributed by atoms with Gasteiger partial charge in [0.15, 0.2) is 0 Å². The van der Waals surface area contributed by atoms with Crippen molar-refractivity contribution in [1.82, 2.24) is 19.9 Å². The highest BCUT2D eigenvalue weighted by atomic mass is 35.5. The van der Waals surface area contributed by atoms with Gasteiger partial charge in [0.1, 0.15) is 54.0 Å². The van der Waals surface area contributed by atoms with Crippen LogP contribution >= 0.6 is 11.6 Å². The minimum absolute atomic E-state index is 0.00334. The van der Waals surface area contributed by atoms with Gasteiger partial charge in [-0.3, -0.25) is 29.7 Å². The summed E-state index contributed by atoms with van der Waals surface area (Å²) >= 11 is 4.82. The van der Waals surface area contributed by atoms with E-state index >= 15 is 0 Å². The molecule has 1 amide bonds. The van der Waals surface area contributed by atoms with E-state index in [1.807, 2.05) is 37.3 Å². The maximum absolute atomic E-state index is 11.6. The van der Waals surface area contributed by atoms with Crippen LogP contribution in [0.25, 0.3) is 21.8 Å². The van der Waals surface area contributed by atoms with E-state index in [1.165, 1.54) is 13.2 Å². The van der Waals surface area contributed by atoms with E-state index in [0.29, 0.717) is 41.3 Å². The molecule has 0 fully saturated rings. The van der Waals surface area contributed by atoms with Crippen LogP contribution in [0.2, 0.25) is 0 Å². The van der Waals surface area contributed by atoms with Crippen molar-refractivity contribution in [3.8, 4) is 11.5 Å². The SMILES string of the molecule is CCC(=O)Cl.COCC(=O)Nc1cc(COc2ccc(C)c3cccnc23)ccn1.Nc1cc(COc2ccc([N+](=O)[O-])c3cccnc23)ccn1. The summed E-state index contributed by atoms with van der Waals surface area (Å²) in [6, 6.07) is 21.3. The van der Waals surface area contributed by atoms with Gasteiger partial charge in [-0.25, -0.2) is 9.97 Å². The number of benzene rings is 2. The van der Waals surface area contributed by atoms with E-state index in [4.69, 9.17) is 31.5 Å². The number of pyridine rings is 4. The van der Waals surface area contributed by atoms with Crippen LogP contribution < -0.4 is 20.5 Å². The number of ether oxygens (including phenoxy) is 3. The summed E-state index contributed by atoms with van der Waals surface area (Å²) in [5.74, 6) is 1.84. The number of carbonyl (C=O) groups is 2. The molecule has 52 heavy (non-hydrogen) atoms.